The first kappa shape index (κ1) is 20.0. The number of aryl methyl sites for hydroxylation is 1. The molecule has 1 aliphatic heterocycles. The highest BCUT2D eigenvalue weighted by Crippen LogP contribution is 2.31. The summed E-state index contributed by atoms with van der Waals surface area (Å²) in [5, 5.41) is 17.1. The maximum atomic E-state index is 12.3. The molecule has 1 fully saturated rings. The number of benzene rings is 2. The number of halogens is 1. The van der Waals surface area contributed by atoms with Gasteiger partial charge in [-0.2, -0.15) is 0 Å². The number of amides is 1. The third kappa shape index (κ3) is 4.58. The first-order valence-corrected chi connectivity index (χ1v) is 9.55. The van der Waals surface area contributed by atoms with E-state index in [1.54, 1.807) is 13.0 Å². The number of rotatable bonds is 4. The minimum Gasteiger partial charge on any atom is -0.370 e. The summed E-state index contributed by atoms with van der Waals surface area (Å²) >= 11 is 11.6. The molecule has 0 saturated carbocycles. The summed E-state index contributed by atoms with van der Waals surface area (Å²) in [6, 6.07) is 9.71. The van der Waals surface area contributed by atoms with Crippen LogP contribution in [0.4, 0.5) is 17.1 Å². The van der Waals surface area contributed by atoms with Gasteiger partial charge in [0, 0.05) is 36.0 Å². The van der Waals surface area contributed by atoms with Gasteiger partial charge in [-0.15, -0.1) is 0 Å². The van der Waals surface area contributed by atoms with Crippen LogP contribution in [0.15, 0.2) is 36.4 Å². The number of carbonyl (C=O) groups excluding carboxylic acids is 1. The lowest BCUT2D eigenvalue weighted by atomic mass is 10.1. The number of anilines is 2. The smallest absolute Gasteiger partial charge is 0.272 e. The minimum absolute atomic E-state index is 0.0371. The molecule has 2 aromatic rings. The average Bonchev–Trinajstić information content (AvgIpc) is 3.15. The number of nitrogens with zero attached hydrogens (tertiary/aromatic N) is 2. The van der Waals surface area contributed by atoms with Gasteiger partial charge in [-0.1, -0.05) is 11.6 Å². The molecule has 3 rings (SSSR count). The van der Waals surface area contributed by atoms with E-state index in [4.69, 9.17) is 23.8 Å². The fraction of sp³-hybridized carbons (Fsp3) is 0.263. The van der Waals surface area contributed by atoms with Gasteiger partial charge >= 0.3 is 0 Å². The number of nitro benzene ring substituents is 1. The lowest BCUT2D eigenvalue weighted by Crippen LogP contribution is -2.34. The van der Waals surface area contributed by atoms with E-state index in [2.05, 4.69) is 15.5 Å². The van der Waals surface area contributed by atoms with Gasteiger partial charge < -0.3 is 10.2 Å². The van der Waals surface area contributed by atoms with Gasteiger partial charge in [0.2, 0.25) is 0 Å². The van der Waals surface area contributed by atoms with E-state index in [9.17, 15) is 14.9 Å². The Morgan fingerprint density at radius 3 is 2.54 bits per heavy atom. The highest BCUT2D eigenvalue weighted by atomic mass is 35.5. The predicted molar refractivity (Wildman–Crippen MR) is 114 cm³/mol. The zero-order valence-electron chi connectivity index (χ0n) is 15.2. The van der Waals surface area contributed by atoms with Crippen LogP contribution >= 0.6 is 23.8 Å². The van der Waals surface area contributed by atoms with E-state index >= 15 is 0 Å². The fourth-order valence-corrected chi connectivity index (χ4v) is 3.65. The summed E-state index contributed by atoms with van der Waals surface area (Å²) in [7, 11) is 0. The van der Waals surface area contributed by atoms with Crippen LogP contribution in [-0.2, 0) is 0 Å². The van der Waals surface area contributed by atoms with Crippen molar-refractivity contribution in [1.82, 2.24) is 5.32 Å². The summed E-state index contributed by atoms with van der Waals surface area (Å²) in [6.45, 7) is 3.57. The number of carbonyl (C=O) groups is 1. The molecule has 0 aromatic heterocycles. The van der Waals surface area contributed by atoms with Gasteiger partial charge in [0.05, 0.1) is 15.6 Å². The van der Waals surface area contributed by atoms with Gasteiger partial charge in [0.1, 0.15) is 0 Å². The second-order valence-electron chi connectivity index (χ2n) is 6.53. The van der Waals surface area contributed by atoms with E-state index in [1.165, 1.54) is 18.2 Å². The first-order chi connectivity index (χ1) is 13.3. The van der Waals surface area contributed by atoms with Crippen LogP contribution in [0.2, 0.25) is 5.02 Å². The molecule has 146 valence electrons. The summed E-state index contributed by atoms with van der Waals surface area (Å²) in [6.07, 6.45) is 2.32. The third-order valence-electron chi connectivity index (χ3n) is 4.54. The van der Waals surface area contributed by atoms with Crippen LogP contribution in [0.3, 0.4) is 0 Å². The second kappa shape index (κ2) is 8.53. The lowest BCUT2D eigenvalue weighted by molar-refractivity contribution is -0.385. The number of thiocarbonyl (C=S) groups is 1. The molecule has 0 radical (unpaired) electrons. The molecule has 1 amide bonds. The Balaban J connectivity index is 1.63. The topological polar surface area (TPSA) is 87.5 Å². The monoisotopic (exact) mass is 418 g/mol. The summed E-state index contributed by atoms with van der Waals surface area (Å²) in [5.41, 5.74) is 2.31. The Labute approximate surface area is 172 Å². The fourth-order valence-electron chi connectivity index (χ4n) is 3.14. The maximum Gasteiger partial charge on any atom is 0.272 e. The molecule has 1 aliphatic rings. The van der Waals surface area contributed by atoms with E-state index in [0.29, 0.717) is 16.3 Å². The molecule has 1 heterocycles. The van der Waals surface area contributed by atoms with Gasteiger partial charge in [0.25, 0.3) is 11.6 Å². The Morgan fingerprint density at radius 2 is 1.93 bits per heavy atom. The van der Waals surface area contributed by atoms with Gasteiger partial charge in [-0.05, 0) is 62.3 Å². The number of hydrogen-bond donors (Lipinski definition) is 2. The molecule has 0 bridgehead atoms. The average molecular weight is 419 g/mol. The minimum atomic E-state index is -0.487. The third-order valence-corrected chi connectivity index (χ3v) is 5.04. The normalized spacial score (nSPS) is 13.3. The molecule has 0 aliphatic carbocycles. The van der Waals surface area contributed by atoms with Crippen molar-refractivity contribution in [1.29, 1.82) is 0 Å². The zero-order valence-corrected chi connectivity index (χ0v) is 16.8. The van der Waals surface area contributed by atoms with Gasteiger partial charge in [0.15, 0.2) is 5.11 Å². The molecule has 28 heavy (non-hydrogen) atoms. The highest BCUT2D eigenvalue weighted by Gasteiger charge is 2.17. The van der Waals surface area contributed by atoms with Crippen molar-refractivity contribution in [3.05, 3.63) is 62.7 Å². The quantitative estimate of drug-likeness (QED) is 0.437. The predicted octanol–water partition coefficient (Wildman–Crippen LogP) is 4.28. The van der Waals surface area contributed by atoms with Crippen LogP contribution in [0.25, 0.3) is 0 Å². The van der Waals surface area contributed by atoms with Crippen LogP contribution in [0.1, 0.15) is 28.8 Å². The number of hydrogen-bond acceptors (Lipinski definition) is 5. The van der Waals surface area contributed by atoms with Crippen molar-refractivity contribution in [2.24, 2.45) is 0 Å². The zero-order chi connectivity index (χ0) is 20.3. The molecule has 9 heteroatoms. The molecule has 2 aromatic carbocycles. The van der Waals surface area contributed by atoms with E-state index < -0.39 is 10.8 Å². The molecular weight excluding hydrogens is 400 g/mol. The molecule has 7 nitrogen and oxygen atoms in total. The number of nitro groups is 1. The lowest BCUT2D eigenvalue weighted by Gasteiger charge is -2.20. The Morgan fingerprint density at radius 1 is 1.21 bits per heavy atom. The highest BCUT2D eigenvalue weighted by molar-refractivity contribution is 7.80. The summed E-state index contributed by atoms with van der Waals surface area (Å²) in [5.74, 6) is -0.449. The van der Waals surface area contributed by atoms with Gasteiger partial charge in [-0.25, -0.2) is 0 Å². The van der Waals surface area contributed by atoms with Crippen molar-refractivity contribution in [3.63, 3.8) is 0 Å². The molecule has 0 atom stereocenters. The van der Waals surface area contributed by atoms with Gasteiger partial charge in [-0.3, -0.25) is 20.2 Å². The van der Waals surface area contributed by atoms with Crippen LogP contribution < -0.4 is 15.5 Å². The SMILES string of the molecule is Cc1cc(C(=O)NC(=S)Nc2ccc(N3CCCC3)c(Cl)c2)ccc1[N+](=O)[O-]. The standard InChI is InChI=1S/C19H19ClN4O3S/c1-12-10-13(4-6-16(12)24(26)27)18(25)22-19(28)21-14-5-7-17(15(20)11-14)23-8-2-3-9-23/h4-7,10-11H,2-3,8-9H2,1H3,(H2,21,22,25,28). The Kier molecular flexibility index (Phi) is 6.11. The van der Waals surface area contributed by atoms with Crippen molar-refractivity contribution < 1.29 is 9.72 Å². The number of nitrogens with one attached hydrogen (secondary N) is 2. The molecule has 1 saturated heterocycles. The second-order valence-corrected chi connectivity index (χ2v) is 7.34. The van der Waals surface area contributed by atoms with Crippen LogP contribution in [0, 0.1) is 17.0 Å². The Bertz CT molecular complexity index is 945. The molecule has 2 N–H and O–H groups in total. The largest absolute Gasteiger partial charge is 0.370 e. The summed E-state index contributed by atoms with van der Waals surface area (Å²) < 4.78 is 0. The van der Waals surface area contributed by atoms with Crippen LogP contribution in [0.5, 0.6) is 0 Å². The molecule has 0 unspecified atom stereocenters. The van der Waals surface area contributed by atoms with Crippen LogP contribution in [-0.4, -0.2) is 29.0 Å². The van der Waals surface area contributed by atoms with Crippen molar-refractivity contribution >= 4 is 51.9 Å². The van der Waals surface area contributed by atoms with Crippen molar-refractivity contribution in [2.75, 3.05) is 23.3 Å². The van der Waals surface area contributed by atoms with Crippen molar-refractivity contribution in [3.8, 4) is 0 Å². The van der Waals surface area contributed by atoms with E-state index in [0.717, 1.165) is 31.6 Å². The first-order valence-electron chi connectivity index (χ1n) is 8.77. The van der Waals surface area contributed by atoms with Crippen molar-refractivity contribution in [2.45, 2.75) is 19.8 Å². The molecular formula is C19H19ClN4O3S. The Hall–Kier alpha value is -2.71. The molecule has 0 spiro atoms. The van der Waals surface area contributed by atoms with E-state index in [1.807, 2.05) is 12.1 Å². The maximum absolute atomic E-state index is 12.3. The van der Waals surface area contributed by atoms with E-state index in [-0.39, 0.29) is 16.4 Å². The summed E-state index contributed by atoms with van der Waals surface area (Å²) in [4.78, 5) is 25.0.